The van der Waals surface area contributed by atoms with Crippen molar-refractivity contribution in [1.82, 2.24) is 10.3 Å². The average Bonchev–Trinajstić information content (AvgIpc) is 2.40. The van der Waals surface area contributed by atoms with Crippen molar-refractivity contribution in [2.75, 3.05) is 5.73 Å². The molecule has 1 aromatic heterocycles. The molecule has 2 rings (SSSR count). The maximum atomic E-state index is 12.0. The fraction of sp³-hybridized carbons (Fsp3) is 0.200. The lowest BCUT2D eigenvalue weighted by Crippen LogP contribution is -2.34. The Kier molecular flexibility index (Phi) is 4.13. The second kappa shape index (κ2) is 6.00. The van der Waals surface area contributed by atoms with Crippen LogP contribution < -0.4 is 11.1 Å². The molecule has 4 nitrogen and oxygen atoms in total. The van der Waals surface area contributed by atoms with Crippen LogP contribution >= 0.6 is 0 Å². The summed E-state index contributed by atoms with van der Waals surface area (Å²) in [6.07, 6.45) is 2.35. The molecule has 2 aromatic rings. The van der Waals surface area contributed by atoms with E-state index >= 15 is 0 Å². The molecule has 1 unspecified atom stereocenters. The second-order valence-electron chi connectivity index (χ2n) is 4.50. The number of rotatable bonds is 4. The Bertz CT molecular complexity index is 554. The summed E-state index contributed by atoms with van der Waals surface area (Å²) < 4.78 is 0. The third-order valence-electron chi connectivity index (χ3n) is 2.85. The molecule has 0 saturated heterocycles. The van der Waals surface area contributed by atoms with E-state index in [-0.39, 0.29) is 17.8 Å². The fourth-order valence-corrected chi connectivity index (χ4v) is 1.93. The van der Waals surface area contributed by atoms with Crippen LogP contribution in [0.5, 0.6) is 0 Å². The maximum absolute atomic E-state index is 12.0. The van der Waals surface area contributed by atoms with Crippen LogP contribution in [0, 0.1) is 0 Å². The third-order valence-corrected chi connectivity index (χ3v) is 2.85. The predicted molar refractivity (Wildman–Crippen MR) is 75.7 cm³/mol. The average molecular weight is 255 g/mol. The lowest BCUT2D eigenvalue weighted by molar-refractivity contribution is 0.0940. The number of nitrogen functional groups attached to an aromatic ring is 1. The van der Waals surface area contributed by atoms with Gasteiger partial charge in [-0.3, -0.25) is 4.79 Å². The SMILES string of the molecule is CC(Cc1ccccc1)NC(=O)c1cccnc1N. The van der Waals surface area contributed by atoms with Gasteiger partial charge in [0, 0.05) is 12.2 Å². The molecule has 0 saturated carbocycles. The number of carbonyl (C=O) groups is 1. The molecule has 4 heteroatoms. The van der Waals surface area contributed by atoms with Gasteiger partial charge < -0.3 is 11.1 Å². The number of carbonyl (C=O) groups excluding carboxylic acids is 1. The zero-order valence-corrected chi connectivity index (χ0v) is 10.8. The number of aromatic nitrogens is 1. The Morgan fingerprint density at radius 2 is 2.00 bits per heavy atom. The predicted octanol–water partition coefficient (Wildman–Crippen LogP) is 2.02. The summed E-state index contributed by atoms with van der Waals surface area (Å²) in [7, 11) is 0. The summed E-state index contributed by atoms with van der Waals surface area (Å²) >= 11 is 0. The molecule has 19 heavy (non-hydrogen) atoms. The smallest absolute Gasteiger partial charge is 0.255 e. The molecule has 0 aliphatic rings. The lowest BCUT2D eigenvalue weighted by Gasteiger charge is -2.14. The van der Waals surface area contributed by atoms with Gasteiger partial charge >= 0.3 is 0 Å². The Balaban J connectivity index is 1.98. The molecule has 1 amide bonds. The zero-order valence-electron chi connectivity index (χ0n) is 10.8. The van der Waals surface area contributed by atoms with Crippen molar-refractivity contribution in [3.8, 4) is 0 Å². The van der Waals surface area contributed by atoms with Crippen LogP contribution in [0.3, 0.4) is 0 Å². The maximum Gasteiger partial charge on any atom is 0.255 e. The van der Waals surface area contributed by atoms with Crippen LogP contribution in [-0.2, 0) is 6.42 Å². The normalized spacial score (nSPS) is 11.8. The number of hydrogen-bond acceptors (Lipinski definition) is 3. The number of nitrogens with zero attached hydrogens (tertiary/aromatic N) is 1. The third kappa shape index (κ3) is 3.55. The van der Waals surface area contributed by atoms with Gasteiger partial charge in [0.25, 0.3) is 5.91 Å². The summed E-state index contributed by atoms with van der Waals surface area (Å²) in [5.41, 5.74) is 7.29. The molecule has 3 N–H and O–H groups in total. The first kappa shape index (κ1) is 13.1. The molecule has 0 bridgehead atoms. The van der Waals surface area contributed by atoms with Crippen molar-refractivity contribution < 1.29 is 4.79 Å². The summed E-state index contributed by atoms with van der Waals surface area (Å²) in [5, 5.41) is 2.93. The number of amides is 1. The van der Waals surface area contributed by atoms with Crippen molar-refractivity contribution >= 4 is 11.7 Å². The van der Waals surface area contributed by atoms with Crippen molar-refractivity contribution in [1.29, 1.82) is 0 Å². The van der Waals surface area contributed by atoms with Gasteiger partial charge in [-0.2, -0.15) is 0 Å². The minimum absolute atomic E-state index is 0.0366. The molecule has 1 atom stereocenters. The van der Waals surface area contributed by atoms with Gasteiger partial charge in [-0.05, 0) is 31.0 Å². The van der Waals surface area contributed by atoms with Gasteiger partial charge in [0.05, 0.1) is 5.56 Å². The Hall–Kier alpha value is -2.36. The molecular weight excluding hydrogens is 238 g/mol. The second-order valence-corrected chi connectivity index (χ2v) is 4.50. The van der Waals surface area contributed by atoms with E-state index < -0.39 is 0 Å². The van der Waals surface area contributed by atoms with Gasteiger partial charge in [0.1, 0.15) is 5.82 Å². The molecule has 0 aliphatic carbocycles. The highest BCUT2D eigenvalue weighted by Gasteiger charge is 2.13. The van der Waals surface area contributed by atoms with Crippen LogP contribution in [0.15, 0.2) is 48.7 Å². The van der Waals surface area contributed by atoms with Crippen molar-refractivity contribution in [3.05, 3.63) is 59.8 Å². The van der Waals surface area contributed by atoms with Crippen molar-refractivity contribution in [3.63, 3.8) is 0 Å². The van der Waals surface area contributed by atoms with E-state index in [4.69, 9.17) is 5.73 Å². The van der Waals surface area contributed by atoms with E-state index in [1.807, 2.05) is 37.3 Å². The fourth-order valence-electron chi connectivity index (χ4n) is 1.93. The summed E-state index contributed by atoms with van der Waals surface area (Å²) in [6, 6.07) is 13.5. The number of nitrogens with one attached hydrogen (secondary N) is 1. The number of anilines is 1. The lowest BCUT2D eigenvalue weighted by atomic mass is 10.1. The zero-order chi connectivity index (χ0) is 13.7. The van der Waals surface area contributed by atoms with Gasteiger partial charge in [0.2, 0.25) is 0 Å². The summed E-state index contributed by atoms with van der Waals surface area (Å²) in [4.78, 5) is 15.9. The van der Waals surface area contributed by atoms with Crippen LogP contribution in [0.25, 0.3) is 0 Å². The molecular formula is C15H17N3O. The Labute approximate surface area is 112 Å². The minimum Gasteiger partial charge on any atom is -0.383 e. The van der Waals surface area contributed by atoms with Gasteiger partial charge in [0.15, 0.2) is 0 Å². The topological polar surface area (TPSA) is 68.0 Å². The first-order valence-corrected chi connectivity index (χ1v) is 6.22. The number of nitrogens with two attached hydrogens (primary N) is 1. The molecule has 1 aromatic carbocycles. The van der Waals surface area contributed by atoms with Crippen molar-refractivity contribution in [2.24, 2.45) is 0 Å². The minimum atomic E-state index is -0.186. The van der Waals surface area contributed by atoms with E-state index in [2.05, 4.69) is 10.3 Å². The number of benzene rings is 1. The highest BCUT2D eigenvalue weighted by Crippen LogP contribution is 2.08. The first-order valence-electron chi connectivity index (χ1n) is 6.22. The first-order chi connectivity index (χ1) is 9.16. The van der Waals surface area contributed by atoms with Crippen LogP contribution in [0.4, 0.5) is 5.82 Å². The summed E-state index contributed by atoms with van der Waals surface area (Å²) in [5.74, 6) is 0.0703. The Morgan fingerprint density at radius 3 is 2.68 bits per heavy atom. The summed E-state index contributed by atoms with van der Waals surface area (Å²) in [6.45, 7) is 1.97. The van der Waals surface area contributed by atoms with E-state index in [0.717, 1.165) is 6.42 Å². The largest absolute Gasteiger partial charge is 0.383 e. The van der Waals surface area contributed by atoms with E-state index in [1.54, 1.807) is 18.3 Å². The van der Waals surface area contributed by atoms with Gasteiger partial charge in [-0.1, -0.05) is 30.3 Å². The van der Waals surface area contributed by atoms with Crippen LogP contribution in [-0.4, -0.2) is 16.9 Å². The van der Waals surface area contributed by atoms with Crippen LogP contribution in [0.1, 0.15) is 22.8 Å². The highest BCUT2D eigenvalue weighted by atomic mass is 16.1. The quantitative estimate of drug-likeness (QED) is 0.878. The molecule has 0 spiro atoms. The highest BCUT2D eigenvalue weighted by molar-refractivity contribution is 5.98. The van der Waals surface area contributed by atoms with Crippen molar-refractivity contribution in [2.45, 2.75) is 19.4 Å². The Morgan fingerprint density at radius 1 is 1.26 bits per heavy atom. The molecule has 0 aliphatic heterocycles. The molecule has 0 radical (unpaired) electrons. The number of hydrogen-bond donors (Lipinski definition) is 2. The molecule has 1 heterocycles. The van der Waals surface area contributed by atoms with E-state index in [9.17, 15) is 4.79 Å². The number of pyridine rings is 1. The monoisotopic (exact) mass is 255 g/mol. The molecule has 98 valence electrons. The van der Waals surface area contributed by atoms with E-state index in [0.29, 0.717) is 5.56 Å². The van der Waals surface area contributed by atoms with E-state index in [1.165, 1.54) is 5.56 Å². The molecule has 0 fully saturated rings. The van der Waals surface area contributed by atoms with Crippen LogP contribution in [0.2, 0.25) is 0 Å². The standard InChI is InChI=1S/C15H17N3O/c1-11(10-12-6-3-2-4-7-12)18-15(19)13-8-5-9-17-14(13)16/h2-9,11H,10H2,1H3,(H2,16,17)(H,18,19). The van der Waals surface area contributed by atoms with Gasteiger partial charge in [-0.15, -0.1) is 0 Å². The van der Waals surface area contributed by atoms with Gasteiger partial charge in [-0.25, -0.2) is 4.98 Å².